The molecule has 0 bridgehead atoms. The Morgan fingerprint density at radius 1 is 1.00 bits per heavy atom. The van der Waals surface area contributed by atoms with Crippen LogP contribution in [-0.4, -0.2) is 22.2 Å². The van der Waals surface area contributed by atoms with Crippen LogP contribution in [0.2, 0.25) is 0 Å². The van der Waals surface area contributed by atoms with Gasteiger partial charge in [-0.15, -0.1) is 0 Å². The molecule has 4 nitrogen and oxygen atoms in total. The molecule has 0 amide bonds. The van der Waals surface area contributed by atoms with Crippen molar-refractivity contribution in [1.82, 2.24) is 9.97 Å². The van der Waals surface area contributed by atoms with Crippen LogP contribution in [0.1, 0.15) is 17.5 Å². The maximum absolute atomic E-state index is 10.3. The fourth-order valence-corrected chi connectivity index (χ4v) is 2.25. The summed E-state index contributed by atoms with van der Waals surface area (Å²) >= 11 is 0. The van der Waals surface area contributed by atoms with Crippen LogP contribution in [0.5, 0.6) is 5.88 Å². The number of hydrogen-bond acceptors (Lipinski definition) is 4. The molecule has 3 rings (SSSR count). The van der Waals surface area contributed by atoms with Gasteiger partial charge in [0.05, 0.1) is 18.3 Å². The van der Waals surface area contributed by atoms with E-state index < -0.39 is 6.10 Å². The number of aromatic nitrogens is 2. The molecule has 0 aliphatic rings. The Kier molecular flexibility index (Phi) is 3.79. The molecule has 0 aliphatic heterocycles. The molecule has 1 N–H and O–H groups in total. The van der Waals surface area contributed by atoms with Gasteiger partial charge in [-0.3, -0.25) is 4.98 Å². The second kappa shape index (κ2) is 5.89. The van der Waals surface area contributed by atoms with E-state index in [1.54, 1.807) is 19.2 Å². The van der Waals surface area contributed by atoms with Crippen LogP contribution in [0.3, 0.4) is 0 Å². The lowest BCUT2D eigenvalue weighted by atomic mass is 10.1. The molecule has 0 spiro atoms. The van der Waals surface area contributed by atoms with Crippen LogP contribution < -0.4 is 4.74 Å². The lowest BCUT2D eigenvalue weighted by Gasteiger charge is -2.11. The van der Waals surface area contributed by atoms with E-state index in [-0.39, 0.29) is 0 Å². The molecule has 0 saturated carbocycles. The van der Waals surface area contributed by atoms with Gasteiger partial charge < -0.3 is 9.84 Å². The van der Waals surface area contributed by atoms with Gasteiger partial charge in [-0.25, -0.2) is 4.98 Å². The number of benzene rings is 1. The van der Waals surface area contributed by atoms with Crippen molar-refractivity contribution in [2.24, 2.45) is 0 Å². The molecule has 21 heavy (non-hydrogen) atoms. The number of hydrogen-bond donors (Lipinski definition) is 1. The highest BCUT2D eigenvalue weighted by Crippen LogP contribution is 2.19. The molecular formula is C17H16N2O2. The molecule has 2 aromatic heterocycles. The summed E-state index contributed by atoms with van der Waals surface area (Å²) < 4.78 is 5.08. The molecule has 1 atom stereocenters. The van der Waals surface area contributed by atoms with Crippen LogP contribution in [0.4, 0.5) is 0 Å². The third-order valence-electron chi connectivity index (χ3n) is 3.35. The standard InChI is InChI=1S/C17H16N2O2/c1-21-17-8-4-7-15(19-17)16(20)11-13-10-9-12-5-2-3-6-14(12)18-13/h2-10,16,20H,11H2,1H3. The van der Waals surface area contributed by atoms with Crippen LogP contribution in [0.15, 0.2) is 54.6 Å². The first-order valence-electron chi connectivity index (χ1n) is 6.80. The molecule has 0 aliphatic carbocycles. The van der Waals surface area contributed by atoms with Gasteiger partial charge in [0.25, 0.3) is 0 Å². The number of fused-ring (bicyclic) bond motifs is 1. The Labute approximate surface area is 123 Å². The van der Waals surface area contributed by atoms with Gasteiger partial charge in [0, 0.05) is 23.6 Å². The Hall–Kier alpha value is -2.46. The maximum atomic E-state index is 10.3. The quantitative estimate of drug-likeness (QED) is 0.798. The molecule has 1 aromatic carbocycles. The van der Waals surface area contributed by atoms with Crippen molar-refractivity contribution in [3.05, 3.63) is 66.0 Å². The van der Waals surface area contributed by atoms with Crippen LogP contribution in [0, 0.1) is 0 Å². The van der Waals surface area contributed by atoms with E-state index in [2.05, 4.69) is 9.97 Å². The molecule has 1 unspecified atom stereocenters. The molecule has 0 saturated heterocycles. The van der Waals surface area contributed by atoms with E-state index in [9.17, 15) is 5.11 Å². The van der Waals surface area contributed by atoms with Gasteiger partial charge in [-0.2, -0.15) is 0 Å². The van der Waals surface area contributed by atoms with E-state index in [4.69, 9.17) is 4.74 Å². The zero-order valence-corrected chi connectivity index (χ0v) is 11.7. The van der Waals surface area contributed by atoms with Crippen molar-refractivity contribution < 1.29 is 9.84 Å². The number of para-hydroxylation sites is 1. The first-order chi connectivity index (χ1) is 10.3. The largest absolute Gasteiger partial charge is 0.481 e. The SMILES string of the molecule is COc1cccc(C(O)Cc2ccc3ccccc3n2)n1. The average Bonchev–Trinajstić information content (AvgIpc) is 2.54. The number of ether oxygens (including phenoxy) is 1. The van der Waals surface area contributed by atoms with Crippen molar-refractivity contribution in [3.63, 3.8) is 0 Å². The number of rotatable bonds is 4. The van der Waals surface area contributed by atoms with Crippen molar-refractivity contribution >= 4 is 10.9 Å². The Balaban J connectivity index is 1.83. The number of pyridine rings is 2. The zero-order valence-electron chi connectivity index (χ0n) is 11.7. The lowest BCUT2D eigenvalue weighted by Crippen LogP contribution is -2.06. The minimum atomic E-state index is -0.700. The van der Waals surface area contributed by atoms with Crippen LogP contribution in [-0.2, 0) is 6.42 Å². The number of aliphatic hydroxyl groups is 1. The number of aliphatic hydroxyl groups excluding tert-OH is 1. The first-order valence-corrected chi connectivity index (χ1v) is 6.80. The monoisotopic (exact) mass is 280 g/mol. The highest BCUT2D eigenvalue weighted by Gasteiger charge is 2.12. The van der Waals surface area contributed by atoms with Crippen molar-refractivity contribution in [3.8, 4) is 5.88 Å². The third-order valence-corrected chi connectivity index (χ3v) is 3.35. The number of nitrogens with zero attached hydrogens (tertiary/aromatic N) is 2. The van der Waals surface area contributed by atoms with Gasteiger partial charge in [-0.1, -0.05) is 30.3 Å². The second-order valence-electron chi connectivity index (χ2n) is 4.82. The number of methoxy groups -OCH3 is 1. The molecule has 3 aromatic rings. The normalized spacial score (nSPS) is 12.3. The summed E-state index contributed by atoms with van der Waals surface area (Å²) in [5.74, 6) is 0.498. The highest BCUT2D eigenvalue weighted by atomic mass is 16.5. The summed E-state index contributed by atoms with van der Waals surface area (Å²) in [5.41, 5.74) is 2.36. The summed E-state index contributed by atoms with van der Waals surface area (Å²) in [6.45, 7) is 0. The second-order valence-corrected chi connectivity index (χ2v) is 4.82. The molecule has 0 fully saturated rings. The predicted molar refractivity (Wildman–Crippen MR) is 81.2 cm³/mol. The minimum Gasteiger partial charge on any atom is -0.481 e. The van der Waals surface area contributed by atoms with Crippen molar-refractivity contribution in [1.29, 1.82) is 0 Å². The lowest BCUT2D eigenvalue weighted by molar-refractivity contribution is 0.171. The van der Waals surface area contributed by atoms with E-state index in [1.165, 1.54) is 0 Å². The van der Waals surface area contributed by atoms with Crippen LogP contribution in [0.25, 0.3) is 10.9 Å². The fourth-order valence-electron chi connectivity index (χ4n) is 2.25. The van der Waals surface area contributed by atoms with E-state index in [0.717, 1.165) is 16.6 Å². The summed E-state index contributed by atoms with van der Waals surface area (Å²) in [5, 5.41) is 11.4. The van der Waals surface area contributed by atoms with E-state index in [0.29, 0.717) is 18.0 Å². The third kappa shape index (κ3) is 3.01. The topological polar surface area (TPSA) is 55.2 Å². The summed E-state index contributed by atoms with van der Waals surface area (Å²) in [6.07, 6.45) is -0.279. The van der Waals surface area contributed by atoms with Crippen LogP contribution >= 0.6 is 0 Å². The van der Waals surface area contributed by atoms with Gasteiger partial charge in [-0.05, 0) is 18.2 Å². The predicted octanol–water partition coefficient (Wildman–Crippen LogP) is 2.91. The van der Waals surface area contributed by atoms with Gasteiger partial charge in [0.2, 0.25) is 5.88 Å². The Morgan fingerprint density at radius 2 is 1.86 bits per heavy atom. The minimum absolute atomic E-state index is 0.422. The Morgan fingerprint density at radius 3 is 2.71 bits per heavy atom. The molecule has 106 valence electrons. The smallest absolute Gasteiger partial charge is 0.213 e. The maximum Gasteiger partial charge on any atom is 0.213 e. The van der Waals surface area contributed by atoms with E-state index >= 15 is 0 Å². The summed E-state index contributed by atoms with van der Waals surface area (Å²) in [6, 6.07) is 17.2. The van der Waals surface area contributed by atoms with Crippen molar-refractivity contribution in [2.75, 3.05) is 7.11 Å². The van der Waals surface area contributed by atoms with Gasteiger partial charge in [0.1, 0.15) is 6.10 Å². The Bertz CT molecular complexity index is 758. The van der Waals surface area contributed by atoms with Gasteiger partial charge >= 0.3 is 0 Å². The summed E-state index contributed by atoms with van der Waals surface area (Å²) in [7, 11) is 1.56. The first kappa shape index (κ1) is 13.5. The molecule has 4 heteroatoms. The summed E-state index contributed by atoms with van der Waals surface area (Å²) in [4.78, 5) is 8.81. The van der Waals surface area contributed by atoms with Crippen molar-refractivity contribution in [2.45, 2.75) is 12.5 Å². The highest BCUT2D eigenvalue weighted by molar-refractivity contribution is 5.78. The van der Waals surface area contributed by atoms with Gasteiger partial charge in [0.15, 0.2) is 0 Å². The average molecular weight is 280 g/mol. The molecule has 2 heterocycles. The zero-order chi connectivity index (χ0) is 14.7. The fraction of sp³-hybridized carbons (Fsp3) is 0.176. The molecular weight excluding hydrogens is 264 g/mol. The molecule has 0 radical (unpaired) electrons. The van der Waals surface area contributed by atoms with E-state index in [1.807, 2.05) is 42.5 Å².